The van der Waals surface area contributed by atoms with Gasteiger partial charge in [-0.1, -0.05) is 5.92 Å². The molecule has 5 atom stereocenters. The normalized spacial score (nSPS) is 27.5. The Labute approximate surface area is 153 Å². The number of anilines is 1. The molecule has 0 bridgehead atoms. The lowest BCUT2D eigenvalue weighted by molar-refractivity contribution is -0.231. The van der Waals surface area contributed by atoms with Crippen molar-refractivity contribution in [3.63, 3.8) is 0 Å². The van der Waals surface area contributed by atoms with E-state index in [1.165, 1.54) is 17.2 Å². The van der Waals surface area contributed by atoms with Gasteiger partial charge in [-0.25, -0.2) is 15.0 Å². The van der Waals surface area contributed by atoms with Gasteiger partial charge < -0.3 is 34.3 Å². The SMILES string of the molecule is C#CCO[C@H]1C(OP(=O)([O-])OC)[C@@H](CO)O[C@H]1n1cnc2c(N)ncnc21. The van der Waals surface area contributed by atoms with E-state index >= 15 is 0 Å². The number of aromatic nitrogens is 4. The van der Waals surface area contributed by atoms with Crippen LogP contribution < -0.4 is 10.6 Å². The zero-order valence-corrected chi connectivity index (χ0v) is 15.1. The van der Waals surface area contributed by atoms with Crippen LogP contribution in [0.1, 0.15) is 6.23 Å². The first kappa shape index (κ1) is 19.7. The standard InChI is InChI=1S/C14H18N5O7P/c1-3-4-24-11-10(26-27(21,22)23-2)8(5-20)25-14(11)19-7-18-9-12(15)16-6-17-13(9)19/h1,6-8,10-11,14,20H,4-5H2,2H3,(H,21,22)(H2,15,16,17)/p-1/t8-,10?,11+,14-/m1/s1. The molecule has 1 aliphatic rings. The zero-order valence-electron chi connectivity index (χ0n) is 14.2. The molecule has 1 fully saturated rings. The van der Waals surface area contributed by atoms with Gasteiger partial charge >= 0.3 is 0 Å². The van der Waals surface area contributed by atoms with E-state index in [2.05, 4.69) is 25.4 Å². The van der Waals surface area contributed by atoms with Gasteiger partial charge in [0.2, 0.25) is 0 Å². The molecule has 3 rings (SSSR count). The van der Waals surface area contributed by atoms with Crippen molar-refractivity contribution in [2.24, 2.45) is 0 Å². The average Bonchev–Trinajstić information content (AvgIpc) is 3.22. The van der Waals surface area contributed by atoms with Crippen molar-refractivity contribution >= 4 is 24.8 Å². The van der Waals surface area contributed by atoms with Crippen molar-refractivity contribution in [2.75, 3.05) is 26.1 Å². The number of phosphoric ester groups is 1. The van der Waals surface area contributed by atoms with Crippen LogP contribution in [0.4, 0.5) is 5.82 Å². The van der Waals surface area contributed by atoms with Gasteiger partial charge in [0, 0.05) is 7.11 Å². The summed E-state index contributed by atoms with van der Waals surface area (Å²) in [5.41, 5.74) is 6.44. The molecule has 13 heteroatoms. The van der Waals surface area contributed by atoms with Crippen LogP contribution in [0.2, 0.25) is 0 Å². The third-order valence-corrected chi connectivity index (χ3v) is 4.91. The van der Waals surface area contributed by atoms with Crippen molar-refractivity contribution in [1.29, 1.82) is 0 Å². The maximum atomic E-state index is 11.8. The highest BCUT2D eigenvalue weighted by Crippen LogP contribution is 2.45. The predicted molar refractivity (Wildman–Crippen MR) is 88.8 cm³/mol. The monoisotopic (exact) mass is 398 g/mol. The van der Waals surface area contributed by atoms with E-state index in [0.29, 0.717) is 11.2 Å². The summed E-state index contributed by atoms with van der Waals surface area (Å²) in [6.07, 6.45) is 3.67. The summed E-state index contributed by atoms with van der Waals surface area (Å²) in [5, 5.41) is 9.62. The molecular weight excluding hydrogens is 381 g/mol. The second kappa shape index (κ2) is 7.87. The number of phosphoric acid groups is 1. The zero-order chi connectivity index (χ0) is 19.6. The average molecular weight is 398 g/mol. The van der Waals surface area contributed by atoms with Crippen molar-refractivity contribution in [1.82, 2.24) is 19.5 Å². The van der Waals surface area contributed by atoms with Crippen LogP contribution in [0.5, 0.6) is 0 Å². The van der Waals surface area contributed by atoms with Crippen molar-refractivity contribution in [2.45, 2.75) is 24.5 Å². The van der Waals surface area contributed by atoms with Crippen molar-refractivity contribution < 1.29 is 33.1 Å². The molecule has 0 aliphatic carbocycles. The molecule has 3 heterocycles. The maximum absolute atomic E-state index is 11.8. The quantitative estimate of drug-likeness (QED) is 0.425. The van der Waals surface area contributed by atoms with Crippen LogP contribution in [0.3, 0.4) is 0 Å². The maximum Gasteiger partial charge on any atom is 0.268 e. The molecule has 0 radical (unpaired) electrons. The molecule has 1 saturated heterocycles. The van der Waals surface area contributed by atoms with Gasteiger partial charge in [-0.05, 0) is 0 Å². The lowest BCUT2D eigenvalue weighted by atomic mass is 10.1. The minimum atomic E-state index is -4.65. The Kier molecular flexibility index (Phi) is 5.73. The third kappa shape index (κ3) is 3.80. The first-order chi connectivity index (χ1) is 12.9. The van der Waals surface area contributed by atoms with Gasteiger partial charge in [-0.2, -0.15) is 0 Å². The summed E-state index contributed by atoms with van der Waals surface area (Å²) < 4.78 is 34.0. The molecule has 3 N–H and O–H groups in total. The third-order valence-electron chi connectivity index (χ3n) is 3.96. The van der Waals surface area contributed by atoms with Gasteiger partial charge in [-0.15, -0.1) is 6.42 Å². The minimum absolute atomic E-state index is 0.150. The molecule has 1 aliphatic heterocycles. The fourth-order valence-electron chi connectivity index (χ4n) is 2.78. The molecule has 27 heavy (non-hydrogen) atoms. The second-order valence-corrected chi connectivity index (χ2v) is 6.98. The number of nitrogen functional groups attached to an aromatic ring is 1. The Bertz CT molecular complexity index is 900. The van der Waals surface area contributed by atoms with E-state index in [1.54, 1.807) is 0 Å². The van der Waals surface area contributed by atoms with Crippen molar-refractivity contribution in [3.05, 3.63) is 12.7 Å². The fourth-order valence-corrected chi connectivity index (χ4v) is 3.42. The van der Waals surface area contributed by atoms with Crippen LogP contribution >= 0.6 is 7.82 Å². The van der Waals surface area contributed by atoms with Crippen LogP contribution in [0, 0.1) is 12.3 Å². The summed E-state index contributed by atoms with van der Waals surface area (Å²) >= 11 is 0. The number of terminal acetylenes is 1. The molecule has 0 saturated carbocycles. The van der Waals surface area contributed by atoms with Crippen LogP contribution in [0.25, 0.3) is 11.2 Å². The molecule has 0 aromatic carbocycles. The van der Waals surface area contributed by atoms with Crippen LogP contribution in [-0.2, 0) is 23.1 Å². The number of hydrogen-bond donors (Lipinski definition) is 2. The molecule has 146 valence electrons. The largest absolute Gasteiger partial charge is 0.756 e. The topological polar surface area (TPSA) is 167 Å². The first-order valence-corrected chi connectivity index (χ1v) is 9.17. The fraction of sp³-hybridized carbons (Fsp3) is 0.500. The Balaban J connectivity index is 2.01. The van der Waals surface area contributed by atoms with E-state index in [4.69, 9.17) is 26.2 Å². The Morgan fingerprint density at radius 1 is 1.48 bits per heavy atom. The van der Waals surface area contributed by atoms with E-state index in [-0.39, 0.29) is 12.4 Å². The predicted octanol–water partition coefficient (Wildman–Crippen LogP) is -1.18. The molecule has 2 aromatic heterocycles. The van der Waals surface area contributed by atoms with E-state index in [0.717, 1.165) is 7.11 Å². The van der Waals surface area contributed by atoms with E-state index < -0.39 is 39.0 Å². The number of nitrogens with two attached hydrogens (primary N) is 1. The number of rotatable bonds is 7. The molecule has 0 amide bonds. The number of ether oxygens (including phenoxy) is 2. The Morgan fingerprint density at radius 2 is 2.26 bits per heavy atom. The van der Waals surface area contributed by atoms with Gasteiger partial charge in [0.1, 0.15) is 36.8 Å². The number of imidazole rings is 1. The highest BCUT2D eigenvalue weighted by molar-refractivity contribution is 7.45. The smallest absolute Gasteiger partial charge is 0.268 e. The van der Waals surface area contributed by atoms with Gasteiger partial charge in [-0.3, -0.25) is 9.13 Å². The van der Waals surface area contributed by atoms with Crippen molar-refractivity contribution in [3.8, 4) is 12.3 Å². The highest BCUT2D eigenvalue weighted by atomic mass is 31.2. The van der Waals surface area contributed by atoms with Gasteiger partial charge in [0.15, 0.2) is 17.7 Å². The minimum Gasteiger partial charge on any atom is -0.756 e. The summed E-state index contributed by atoms with van der Waals surface area (Å²) in [6, 6.07) is 0. The number of nitrogens with zero attached hydrogens (tertiary/aromatic N) is 4. The Morgan fingerprint density at radius 3 is 2.93 bits per heavy atom. The summed E-state index contributed by atoms with van der Waals surface area (Å²) in [6.45, 7) is -0.688. The summed E-state index contributed by atoms with van der Waals surface area (Å²) in [5.74, 6) is 2.45. The van der Waals surface area contributed by atoms with Gasteiger partial charge in [0.05, 0.1) is 12.9 Å². The van der Waals surface area contributed by atoms with Crippen LogP contribution in [0.15, 0.2) is 12.7 Å². The molecule has 0 spiro atoms. The first-order valence-electron chi connectivity index (χ1n) is 7.71. The number of hydrogen-bond acceptors (Lipinski definition) is 11. The number of aliphatic hydroxyl groups excluding tert-OH is 1. The Hall–Kier alpha value is -2.10. The molecular formula is C14H17N5O7P-. The van der Waals surface area contributed by atoms with E-state index in [9.17, 15) is 14.6 Å². The van der Waals surface area contributed by atoms with E-state index in [1.807, 2.05) is 0 Å². The second-order valence-electron chi connectivity index (χ2n) is 5.51. The molecule has 2 aromatic rings. The number of aliphatic hydroxyl groups is 1. The summed E-state index contributed by atoms with van der Waals surface area (Å²) in [7, 11) is -3.69. The highest BCUT2D eigenvalue weighted by Gasteiger charge is 2.49. The number of fused-ring (bicyclic) bond motifs is 1. The van der Waals surface area contributed by atoms with Gasteiger partial charge in [0.25, 0.3) is 7.82 Å². The lowest BCUT2D eigenvalue weighted by Crippen LogP contribution is -2.38. The molecule has 2 unspecified atom stereocenters. The van der Waals surface area contributed by atoms with Crippen LogP contribution in [-0.4, -0.2) is 63.3 Å². The molecule has 12 nitrogen and oxygen atoms in total. The summed E-state index contributed by atoms with van der Waals surface area (Å²) in [4.78, 5) is 23.9. The lowest BCUT2D eigenvalue weighted by Gasteiger charge is -2.29.